The van der Waals surface area contributed by atoms with Crippen molar-refractivity contribution in [1.82, 2.24) is 19.4 Å². The van der Waals surface area contributed by atoms with Crippen LogP contribution in [0, 0.1) is 13.8 Å². The molecule has 0 bridgehead atoms. The summed E-state index contributed by atoms with van der Waals surface area (Å²) in [7, 11) is 0. The smallest absolute Gasteiger partial charge is 0.274 e. The van der Waals surface area contributed by atoms with Crippen molar-refractivity contribution in [3.05, 3.63) is 71.8 Å². The van der Waals surface area contributed by atoms with Crippen LogP contribution in [0.15, 0.2) is 54.7 Å². The highest BCUT2D eigenvalue weighted by atomic mass is 16.2. The second-order valence-corrected chi connectivity index (χ2v) is 8.37. The fourth-order valence-corrected chi connectivity index (χ4v) is 4.24. The van der Waals surface area contributed by atoms with Crippen LogP contribution >= 0.6 is 0 Å². The molecule has 168 valence electrons. The molecule has 4 heterocycles. The molecule has 4 aromatic rings. The van der Waals surface area contributed by atoms with Crippen molar-refractivity contribution in [3.63, 3.8) is 0 Å². The number of carbonyl (C=O) groups excluding carboxylic acids is 1. The van der Waals surface area contributed by atoms with Crippen molar-refractivity contribution < 1.29 is 4.79 Å². The van der Waals surface area contributed by atoms with E-state index in [-0.39, 0.29) is 5.91 Å². The first-order valence-corrected chi connectivity index (χ1v) is 11.3. The number of aryl methyl sites for hydroxylation is 2. The summed E-state index contributed by atoms with van der Waals surface area (Å²) in [4.78, 5) is 28.9. The maximum atomic E-state index is 12.9. The molecule has 5 rings (SSSR count). The molecular weight excluding hydrogens is 414 g/mol. The van der Waals surface area contributed by atoms with Gasteiger partial charge in [0, 0.05) is 42.4 Å². The van der Waals surface area contributed by atoms with E-state index in [1.165, 1.54) is 19.3 Å². The van der Waals surface area contributed by atoms with Crippen LogP contribution in [-0.4, -0.2) is 38.3 Å². The van der Waals surface area contributed by atoms with Gasteiger partial charge in [0.25, 0.3) is 5.91 Å². The van der Waals surface area contributed by atoms with Crippen molar-refractivity contribution in [2.45, 2.75) is 33.1 Å². The van der Waals surface area contributed by atoms with Crippen LogP contribution in [0.2, 0.25) is 0 Å². The number of fused-ring (bicyclic) bond motifs is 1. The quantitative estimate of drug-likeness (QED) is 0.466. The van der Waals surface area contributed by atoms with Crippen molar-refractivity contribution in [2.75, 3.05) is 28.6 Å². The molecular formula is C25H27N7O. The first kappa shape index (κ1) is 20.9. The van der Waals surface area contributed by atoms with Crippen LogP contribution in [0.25, 0.3) is 5.65 Å². The van der Waals surface area contributed by atoms with Gasteiger partial charge in [0.15, 0.2) is 0 Å². The number of aromatic nitrogens is 4. The van der Waals surface area contributed by atoms with E-state index in [2.05, 4.69) is 25.5 Å². The van der Waals surface area contributed by atoms with E-state index in [9.17, 15) is 4.79 Å². The van der Waals surface area contributed by atoms with Gasteiger partial charge in [0.2, 0.25) is 5.95 Å². The van der Waals surface area contributed by atoms with Gasteiger partial charge in [0.05, 0.1) is 5.69 Å². The SMILES string of the molecule is Cc1cc(N2CCCCC2)nc(Nc2ccc(NC(=O)c3c(C)nc4ccccn34)cc2)n1. The van der Waals surface area contributed by atoms with Crippen molar-refractivity contribution in [3.8, 4) is 0 Å². The summed E-state index contributed by atoms with van der Waals surface area (Å²) in [6.07, 6.45) is 5.53. The van der Waals surface area contributed by atoms with Gasteiger partial charge in [-0.05, 0) is 69.5 Å². The van der Waals surface area contributed by atoms with Crippen LogP contribution in [-0.2, 0) is 0 Å². The Morgan fingerprint density at radius 1 is 0.909 bits per heavy atom. The zero-order valence-corrected chi connectivity index (χ0v) is 18.9. The Hall–Kier alpha value is -3.94. The average molecular weight is 442 g/mol. The highest BCUT2D eigenvalue weighted by molar-refractivity contribution is 6.04. The number of amides is 1. The number of anilines is 4. The van der Waals surface area contributed by atoms with Gasteiger partial charge in [-0.3, -0.25) is 9.20 Å². The molecule has 1 saturated heterocycles. The molecule has 1 fully saturated rings. The predicted octanol–water partition coefficient (Wildman–Crippen LogP) is 4.73. The Bertz CT molecular complexity index is 1290. The molecule has 8 heteroatoms. The Labute approximate surface area is 192 Å². The van der Waals surface area contributed by atoms with Gasteiger partial charge in [-0.25, -0.2) is 9.97 Å². The lowest BCUT2D eigenvalue weighted by molar-refractivity contribution is 0.102. The second-order valence-electron chi connectivity index (χ2n) is 8.37. The van der Waals surface area contributed by atoms with E-state index in [1.807, 2.05) is 68.6 Å². The standard InChI is InChI=1S/C25H27N7O/c1-17-16-22(31-13-5-3-6-14-31)30-25(26-17)29-20-11-9-19(10-12-20)28-24(33)23-18(2)27-21-8-4-7-15-32(21)23/h4,7-12,15-16H,3,5-6,13-14H2,1-2H3,(H,28,33)(H,26,29,30). The molecule has 1 amide bonds. The van der Waals surface area contributed by atoms with E-state index < -0.39 is 0 Å². The third-order valence-corrected chi connectivity index (χ3v) is 5.84. The molecule has 0 unspecified atom stereocenters. The molecule has 33 heavy (non-hydrogen) atoms. The molecule has 8 nitrogen and oxygen atoms in total. The minimum atomic E-state index is -0.194. The molecule has 0 aliphatic carbocycles. The first-order valence-electron chi connectivity index (χ1n) is 11.3. The number of hydrogen-bond acceptors (Lipinski definition) is 6. The lowest BCUT2D eigenvalue weighted by Gasteiger charge is -2.28. The molecule has 0 radical (unpaired) electrons. The molecule has 1 aliphatic rings. The third kappa shape index (κ3) is 4.50. The van der Waals surface area contributed by atoms with Gasteiger partial charge in [0.1, 0.15) is 17.2 Å². The largest absolute Gasteiger partial charge is 0.356 e. The number of benzene rings is 1. The number of pyridine rings is 1. The number of imidazole rings is 1. The van der Waals surface area contributed by atoms with Crippen molar-refractivity contribution in [2.24, 2.45) is 0 Å². The van der Waals surface area contributed by atoms with Crippen LogP contribution in [0.4, 0.5) is 23.1 Å². The monoisotopic (exact) mass is 441 g/mol. The molecule has 0 atom stereocenters. The lowest BCUT2D eigenvalue weighted by atomic mass is 10.1. The molecule has 0 spiro atoms. The van der Waals surface area contributed by atoms with Gasteiger partial charge in [-0.1, -0.05) is 6.07 Å². The maximum Gasteiger partial charge on any atom is 0.274 e. The summed E-state index contributed by atoms with van der Waals surface area (Å²) in [5.41, 5.74) is 4.47. The third-order valence-electron chi connectivity index (χ3n) is 5.84. The Morgan fingerprint density at radius 2 is 1.67 bits per heavy atom. The highest BCUT2D eigenvalue weighted by Crippen LogP contribution is 2.23. The highest BCUT2D eigenvalue weighted by Gasteiger charge is 2.17. The zero-order valence-electron chi connectivity index (χ0n) is 18.9. The van der Waals surface area contributed by atoms with Crippen molar-refractivity contribution >= 4 is 34.7 Å². The van der Waals surface area contributed by atoms with Crippen LogP contribution in [0.3, 0.4) is 0 Å². The number of nitrogens with one attached hydrogen (secondary N) is 2. The van der Waals surface area contributed by atoms with Crippen LogP contribution in [0.1, 0.15) is 41.1 Å². The minimum Gasteiger partial charge on any atom is -0.356 e. The summed E-state index contributed by atoms with van der Waals surface area (Å²) in [5, 5.41) is 6.25. The second kappa shape index (κ2) is 8.90. The first-order chi connectivity index (χ1) is 16.1. The predicted molar refractivity (Wildman–Crippen MR) is 130 cm³/mol. The van der Waals surface area contributed by atoms with E-state index in [0.717, 1.165) is 35.9 Å². The minimum absolute atomic E-state index is 0.194. The number of piperidine rings is 1. The molecule has 2 N–H and O–H groups in total. The summed E-state index contributed by atoms with van der Waals surface area (Å²) in [5.74, 6) is 1.35. The Balaban J connectivity index is 1.29. The fourth-order valence-electron chi connectivity index (χ4n) is 4.24. The van der Waals surface area contributed by atoms with E-state index >= 15 is 0 Å². The Morgan fingerprint density at radius 3 is 2.45 bits per heavy atom. The molecule has 3 aromatic heterocycles. The summed E-state index contributed by atoms with van der Waals surface area (Å²) >= 11 is 0. The van der Waals surface area contributed by atoms with E-state index in [1.54, 1.807) is 4.40 Å². The molecule has 0 saturated carbocycles. The number of nitrogens with zero attached hydrogens (tertiary/aromatic N) is 5. The van der Waals surface area contributed by atoms with Gasteiger partial charge >= 0.3 is 0 Å². The summed E-state index contributed by atoms with van der Waals surface area (Å²) < 4.78 is 1.80. The zero-order chi connectivity index (χ0) is 22.8. The maximum absolute atomic E-state index is 12.9. The normalized spacial score (nSPS) is 13.8. The summed E-state index contributed by atoms with van der Waals surface area (Å²) in [6.45, 7) is 5.91. The van der Waals surface area contributed by atoms with Crippen LogP contribution < -0.4 is 15.5 Å². The van der Waals surface area contributed by atoms with Gasteiger partial charge in [-0.15, -0.1) is 0 Å². The molecule has 1 aromatic carbocycles. The van der Waals surface area contributed by atoms with E-state index in [0.29, 0.717) is 23.0 Å². The average Bonchev–Trinajstić information content (AvgIpc) is 3.16. The van der Waals surface area contributed by atoms with Crippen LogP contribution in [0.5, 0.6) is 0 Å². The Kier molecular flexibility index (Phi) is 5.64. The lowest BCUT2D eigenvalue weighted by Crippen LogP contribution is -2.30. The fraction of sp³-hybridized carbons (Fsp3) is 0.280. The van der Waals surface area contributed by atoms with Gasteiger partial charge < -0.3 is 15.5 Å². The summed E-state index contributed by atoms with van der Waals surface area (Å²) in [6, 6.07) is 15.2. The number of rotatable bonds is 5. The van der Waals surface area contributed by atoms with Crippen molar-refractivity contribution in [1.29, 1.82) is 0 Å². The van der Waals surface area contributed by atoms with E-state index in [4.69, 9.17) is 4.98 Å². The topological polar surface area (TPSA) is 87.5 Å². The number of carbonyl (C=O) groups is 1. The van der Waals surface area contributed by atoms with Gasteiger partial charge in [-0.2, -0.15) is 4.98 Å². The number of hydrogen-bond donors (Lipinski definition) is 2. The molecule has 1 aliphatic heterocycles.